The molecule has 32 nitrogen and oxygen atoms in total. The molecule has 5 aromatic carbocycles. The van der Waals surface area contributed by atoms with Gasteiger partial charge in [0.2, 0.25) is 23.6 Å². The van der Waals surface area contributed by atoms with Crippen LogP contribution in [-0.4, -0.2) is 227 Å². The lowest BCUT2D eigenvalue weighted by Gasteiger charge is -2.25. The minimum absolute atomic E-state index is 0.00316. The zero-order valence-electron chi connectivity index (χ0n) is 65.3. The third-order valence-electron chi connectivity index (χ3n) is 19.5. The number of hydrogen-bond donors (Lipinski definition) is 7. The normalized spacial score (nSPS) is 14.6. The van der Waals surface area contributed by atoms with E-state index in [2.05, 4.69) is 26.6 Å². The monoisotopic (exact) mass is 1630 g/mol. The maximum Gasteiger partial charge on any atom is 0.415 e. The number of carboxylic acids is 1. The Balaban J connectivity index is 0.737. The Morgan fingerprint density at radius 1 is 0.643 bits per heavy atom. The van der Waals surface area contributed by atoms with E-state index in [1.807, 2.05) is 51.1 Å². The van der Waals surface area contributed by atoms with E-state index in [4.69, 9.17) is 50.5 Å². The third-order valence-corrected chi connectivity index (χ3v) is 20.9. The van der Waals surface area contributed by atoms with Crippen LogP contribution in [0.2, 0.25) is 0 Å². The van der Waals surface area contributed by atoms with Crippen LogP contribution in [0.5, 0.6) is 11.5 Å². The number of carbonyl (C=O) groups excluding carboxylic acids is 12. The summed E-state index contributed by atoms with van der Waals surface area (Å²) in [6.45, 7) is 12.4. The van der Waals surface area contributed by atoms with E-state index in [-0.39, 0.29) is 188 Å². The molecule has 34 heteroatoms. The van der Waals surface area contributed by atoms with Crippen molar-refractivity contribution in [3.8, 4) is 11.5 Å². The number of halogens is 1. The number of amides is 12. The molecule has 115 heavy (non-hydrogen) atoms. The topological polar surface area (TPSA) is 409 Å². The molecule has 3 aliphatic rings. The number of carbonyl (C=O) groups is 13. The number of hydrogen-bond acceptors (Lipinski definition) is 21. The van der Waals surface area contributed by atoms with E-state index in [9.17, 15) is 67.4 Å². The van der Waals surface area contributed by atoms with Gasteiger partial charge in [0.05, 0.1) is 80.4 Å². The maximum atomic E-state index is 15.0. The molecule has 616 valence electrons. The fourth-order valence-electron chi connectivity index (χ4n) is 13.6. The van der Waals surface area contributed by atoms with Gasteiger partial charge in [0.25, 0.3) is 23.6 Å². The van der Waals surface area contributed by atoms with E-state index in [1.165, 1.54) is 23.8 Å². The maximum absolute atomic E-state index is 15.0. The van der Waals surface area contributed by atoms with Crippen LogP contribution in [0.15, 0.2) is 97.1 Å². The molecule has 0 unspecified atom stereocenters. The zero-order valence-corrected chi connectivity index (χ0v) is 66.9. The highest BCUT2D eigenvalue weighted by molar-refractivity contribution is 7.16. The number of nitrogens with one attached hydrogen (secondary N) is 5. The van der Waals surface area contributed by atoms with Crippen molar-refractivity contribution in [1.29, 1.82) is 0 Å². The molecule has 3 aliphatic heterocycles. The van der Waals surface area contributed by atoms with Gasteiger partial charge >= 0.3 is 30.2 Å². The Morgan fingerprint density at radius 3 is 1.77 bits per heavy atom. The van der Waals surface area contributed by atoms with Crippen LogP contribution in [0.25, 0.3) is 21.5 Å². The Morgan fingerprint density at radius 2 is 1.21 bits per heavy atom. The number of nitrogens with two attached hydrogens (primary N) is 1. The highest BCUT2D eigenvalue weighted by atomic mass is 35.5. The number of aliphatic carboxylic acids is 1. The predicted octanol–water partition coefficient (Wildman–Crippen LogP) is 8.18. The number of benzene rings is 5. The average Bonchev–Trinajstić information content (AvgIpc) is 1.61. The molecule has 9 rings (SSSR count). The third kappa shape index (κ3) is 23.8. The summed E-state index contributed by atoms with van der Waals surface area (Å²) >= 11 is 7.64. The van der Waals surface area contributed by atoms with E-state index >= 15 is 0 Å². The summed E-state index contributed by atoms with van der Waals surface area (Å²) < 4.78 is 39.5. The average molecular weight is 1630 g/mol. The van der Waals surface area contributed by atoms with Crippen molar-refractivity contribution >= 4 is 139 Å². The van der Waals surface area contributed by atoms with Crippen LogP contribution in [-0.2, 0) is 68.6 Å². The predicted molar refractivity (Wildman–Crippen MR) is 427 cm³/mol. The first-order valence-corrected chi connectivity index (χ1v) is 39.3. The van der Waals surface area contributed by atoms with Crippen LogP contribution in [0.4, 0.5) is 31.4 Å². The lowest BCUT2D eigenvalue weighted by atomic mass is 9.90. The molecular formula is C81H98ClN11O21S. The minimum atomic E-state index is -1.19. The molecule has 6 aromatic rings. The first-order valence-electron chi connectivity index (χ1n) is 38.0. The van der Waals surface area contributed by atoms with Gasteiger partial charge in [-0.3, -0.25) is 52.8 Å². The number of aryl methyl sites for hydroxylation is 2. The molecule has 8 N–H and O–H groups in total. The lowest BCUT2D eigenvalue weighted by molar-refractivity contribution is -0.138. The molecule has 0 bridgehead atoms. The molecule has 1 aromatic heterocycles. The molecule has 4 heterocycles. The van der Waals surface area contributed by atoms with Gasteiger partial charge < -0.3 is 90.2 Å². The van der Waals surface area contributed by atoms with Gasteiger partial charge in [-0.1, -0.05) is 69.3 Å². The van der Waals surface area contributed by atoms with Gasteiger partial charge in [-0.05, 0) is 102 Å². The zero-order chi connectivity index (χ0) is 83.0. The standard InChI is InChI=1S/C81H98ClN11O21S/c1-8-53-45-92(77(103)63-21-22-64(115-63)78(104)93-46-54(44-82)73-60(93)42-61(113-51(6)94)56-14-9-13-50(5)71(56)73)59-43-62(57-15-10-12-49(4)70(57)72(53)59)114-81(107)90(30-26-69(99)100)33-32-89(7)80(106)112-47-52-17-19-55(20-18-52)86-75(101)58(16-11-28-85-79(83)105)87-76(102)74(48(2)3)88-66(96)27-34-108-36-38-110-40-41-111-39-37-109-35-29-84-65(95)25-31-91-67(97)23-24-68(91)98/h9-10,12-15,17-24,42-43,48,53-54,58,74H,8,11,16,25-41,44-47H2,1-7H3,(H,84,95)(H,86,101)(H,87,102)(H,88,96)(H,99,100)(H3,83,85,105)/t53-,54-,58+,74+/m1/s1. The van der Waals surface area contributed by atoms with Crippen molar-refractivity contribution < 1.29 is 101 Å². The summed E-state index contributed by atoms with van der Waals surface area (Å²) in [5, 5.41) is 26.1. The fourth-order valence-corrected chi connectivity index (χ4v) is 14.7. The highest BCUT2D eigenvalue weighted by Crippen LogP contribution is 2.50. The number of anilines is 3. The number of primary amides is 1. The Kier molecular flexibility index (Phi) is 32.3. The molecule has 0 radical (unpaired) electrons. The van der Waals surface area contributed by atoms with Gasteiger partial charge in [-0.25, -0.2) is 14.4 Å². The second-order valence-electron chi connectivity index (χ2n) is 28.1. The molecule has 0 spiro atoms. The second kappa shape index (κ2) is 42.3. The summed E-state index contributed by atoms with van der Waals surface area (Å²) in [7, 11) is 1.44. The first-order chi connectivity index (χ1) is 55.2. The molecule has 4 atom stereocenters. The van der Waals surface area contributed by atoms with Crippen molar-refractivity contribution in [2.24, 2.45) is 11.7 Å². The SMILES string of the molecule is CC[C@@H]1CN(C(=O)c2ccc(C(=O)N3C[C@@H](CCl)c4c3cc(OC(C)=O)c3cccc(C)c43)s2)c2cc(OC(=O)N(CCC(=O)O)CCN(C)C(=O)OCc3ccc(NC(=O)[C@H](CCCNC(N)=O)NC(=O)[C@@H](NC(=O)CCOCCOCCOCCOCCNC(=O)CCN4C(=O)C=CC4=O)C(C)C)cc3)c3cccc(C)c3c21. The van der Waals surface area contributed by atoms with Crippen LogP contribution in [0.3, 0.4) is 0 Å². The number of thiophene rings is 1. The number of nitrogens with zero attached hydrogens (tertiary/aromatic N) is 5. The van der Waals surface area contributed by atoms with Gasteiger partial charge in [0.15, 0.2) is 0 Å². The van der Waals surface area contributed by atoms with E-state index in [0.29, 0.717) is 40.2 Å². The number of alkyl halides is 1. The largest absolute Gasteiger partial charge is 0.481 e. The lowest BCUT2D eigenvalue weighted by Crippen LogP contribution is -2.54. The highest BCUT2D eigenvalue weighted by Gasteiger charge is 2.40. The van der Waals surface area contributed by atoms with Gasteiger partial charge in [0, 0.05) is 138 Å². The van der Waals surface area contributed by atoms with Crippen LogP contribution >= 0.6 is 22.9 Å². The smallest absolute Gasteiger partial charge is 0.415 e. The molecule has 0 fully saturated rings. The molecule has 0 saturated heterocycles. The minimum Gasteiger partial charge on any atom is -0.481 e. The van der Waals surface area contributed by atoms with Crippen molar-refractivity contribution in [3.05, 3.63) is 135 Å². The van der Waals surface area contributed by atoms with Crippen molar-refractivity contribution in [2.45, 2.75) is 111 Å². The van der Waals surface area contributed by atoms with Crippen LogP contribution in [0.1, 0.15) is 125 Å². The van der Waals surface area contributed by atoms with Crippen molar-refractivity contribution in [3.63, 3.8) is 0 Å². The number of imide groups is 1. The van der Waals surface area contributed by atoms with Gasteiger partial charge in [-0.2, -0.15) is 0 Å². The Hall–Kier alpha value is -11.1. The van der Waals surface area contributed by atoms with Gasteiger partial charge in [-0.15, -0.1) is 22.9 Å². The summed E-state index contributed by atoms with van der Waals surface area (Å²) in [5.41, 5.74) is 10.7. The number of fused-ring (bicyclic) bond motifs is 6. The number of esters is 1. The molecule has 0 aliphatic carbocycles. The molecular weight excluding hydrogens is 1530 g/mol. The van der Waals surface area contributed by atoms with Crippen LogP contribution in [0, 0.1) is 19.8 Å². The fraction of sp³-hybridized carbons (Fsp3) is 0.444. The molecule has 12 amide bonds. The van der Waals surface area contributed by atoms with Gasteiger partial charge in [0.1, 0.15) is 30.2 Å². The van der Waals surface area contributed by atoms with Crippen molar-refractivity contribution in [2.75, 3.05) is 133 Å². The summed E-state index contributed by atoms with van der Waals surface area (Å²) in [5.74, 6) is -5.58. The first kappa shape index (κ1) is 87.9. The number of likely N-dealkylation sites (N-methyl/N-ethyl adjacent to an activating group) is 1. The second-order valence-corrected chi connectivity index (χ2v) is 29.5. The van der Waals surface area contributed by atoms with E-state index in [0.717, 1.165) is 66.8 Å². The van der Waals surface area contributed by atoms with E-state index < -0.39 is 84.1 Å². The Labute approximate surface area is 673 Å². The number of carboxylic acid groups (broad SMARTS) is 1. The summed E-state index contributed by atoms with van der Waals surface area (Å²) in [6, 6.07) is 21.1. The number of ether oxygens (including phenoxy) is 7. The van der Waals surface area contributed by atoms with Crippen LogP contribution < -0.4 is 51.6 Å². The summed E-state index contributed by atoms with van der Waals surface area (Å²) in [6.07, 6.45) is 0.974. The molecule has 0 saturated carbocycles. The number of urea groups is 1. The van der Waals surface area contributed by atoms with E-state index in [1.54, 1.807) is 78.2 Å². The van der Waals surface area contributed by atoms with Crippen molar-refractivity contribution in [1.82, 2.24) is 36.0 Å². The number of rotatable bonds is 42. The quantitative estimate of drug-likeness (QED) is 0.00624. The Bertz CT molecular complexity index is 4590. The summed E-state index contributed by atoms with van der Waals surface area (Å²) in [4.78, 5) is 177.